The first-order chi connectivity index (χ1) is 15.0. The second kappa shape index (κ2) is 14.0. The molecule has 0 unspecified atom stereocenters. The maximum absolute atomic E-state index is 12.3. The van der Waals surface area contributed by atoms with Gasteiger partial charge >= 0.3 is 0 Å². The van der Waals surface area contributed by atoms with Crippen LogP contribution in [-0.4, -0.2) is 81.6 Å². The van der Waals surface area contributed by atoms with Gasteiger partial charge in [0.25, 0.3) is 5.91 Å². The number of hydrogen-bond donors (Lipinski definition) is 3. The van der Waals surface area contributed by atoms with Crippen LogP contribution in [0.1, 0.15) is 49.0 Å². The summed E-state index contributed by atoms with van der Waals surface area (Å²) in [5.74, 6) is 1.67. The van der Waals surface area contributed by atoms with Crippen LogP contribution in [0.25, 0.3) is 0 Å². The molecule has 7 heteroatoms. The van der Waals surface area contributed by atoms with Crippen molar-refractivity contribution in [3.05, 3.63) is 35.4 Å². The monoisotopic (exact) mass is 430 g/mol. The van der Waals surface area contributed by atoms with E-state index in [4.69, 9.17) is 4.99 Å². The molecule has 31 heavy (non-hydrogen) atoms. The van der Waals surface area contributed by atoms with Crippen LogP contribution in [0.15, 0.2) is 29.3 Å². The lowest BCUT2D eigenvalue weighted by Crippen LogP contribution is -2.39. The van der Waals surface area contributed by atoms with Gasteiger partial charge in [-0.2, -0.15) is 0 Å². The molecule has 0 saturated carbocycles. The van der Waals surface area contributed by atoms with Crippen LogP contribution in [0.5, 0.6) is 0 Å². The number of carbonyl (C=O) groups excluding carboxylic acids is 1. The predicted molar refractivity (Wildman–Crippen MR) is 130 cm³/mol. The van der Waals surface area contributed by atoms with E-state index in [1.807, 2.05) is 43.3 Å². The highest BCUT2D eigenvalue weighted by Gasteiger charge is 2.14. The maximum atomic E-state index is 12.3. The molecule has 0 aliphatic carbocycles. The number of aliphatic imine (C=N–C) groups is 1. The van der Waals surface area contributed by atoms with E-state index in [1.54, 1.807) is 0 Å². The SMILES string of the molecule is CCNC(=NCc1cccc(C(=O)NCCN(C)C)c1)NCCCN1CCC(C)CC1. The van der Waals surface area contributed by atoms with Crippen molar-refractivity contribution in [2.75, 3.05) is 59.9 Å². The predicted octanol–water partition coefficient (Wildman–Crippen LogP) is 2.16. The van der Waals surface area contributed by atoms with Gasteiger partial charge in [-0.05, 0) is 83.5 Å². The third kappa shape index (κ3) is 10.2. The molecule has 0 radical (unpaired) electrons. The standard InChI is InChI=1S/C24H42N6O/c1-5-25-24(27-12-7-14-30-15-10-20(2)11-16-30)28-19-21-8-6-9-22(18-21)23(31)26-13-17-29(3)4/h6,8-9,18,20H,5,7,10-17,19H2,1-4H3,(H,26,31)(H2,25,27,28). The second-order valence-corrected chi connectivity index (χ2v) is 8.76. The largest absolute Gasteiger partial charge is 0.357 e. The minimum atomic E-state index is -0.0372. The molecule has 1 aromatic rings. The van der Waals surface area contributed by atoms with E-state index in [0.717, 1.165) is 50.0 Å². The first-order valence-electron chi connectivity index (χ1n) is 11.7. The fourth-order valence-corrected chi connectivity index (χ4v) is 3.61. The van der Waals surface area contributed by atoms with Crippen molar-refractivity contribution in [2.24, 2.45) is 10.9 Å². The van der Waals surface area contributed by atoms with E-state index in [2.05, 4.69) is 34.7 Å². The summed E-state index contributed by atoms with van der Waals surface area (Å²) < 4.78 is 0. The smallest absolute Gasteiger partial charge is 0.251 e. The molecule has 0 aromatic heterocycles. The number of likely N-dealkylation sites (tertiary alicyclic amines) is 1. The quantitative estimate of drug-likeness (QED) is 0.285. The summed E-state index contributed by atoms with van der Waals surface area (Å²) in [6.07, 6.45) is 3.76. The number of carbonyl (C=O) groups is 1. The van der Waals surface area contributed by atoms with Gasteiger partial charge in [0.2, 0.25) is 0 Å². The van der Waals surface area contributed by atoms with Crippen LogP contribution in [-0.2, 0) is 6.54 Å². The van der Waals surface area contributed by atoms with Gasteiger partial charge in [0.05, 0.1) is 6.54 Å². The highest BCUT2D eigenvalue weighted by Crippen LogP contribution is 2.15. The normalized spacial score (nSPS) is 15.8. The number of hydrogen-bond acceptors (Lipinski definition) is 4. The number of amides is 1. The van der Waals surface area contributed by atoms with Crippen molar-refractivity contribution >= 4 is 11.9 Å². The minimum Gasteiger partial charge on any atom is -0.357 e. The Hall–Kier alpha value is -2.12. The van der Waals surface area contributed by atoms with Crippen LogP contribution in [0.4, 0.5) is 0 Å². The molecule has 7 nitrogen and oxygen atoms in total. The van der Waals surface area contributed by atoms with Crippen LogP contribution in [0, 0.1) is 5.92 Å². The topological polar surface area (TPSA) is 72.0 Å². The molecule has 3 N–H and O–H groups in total. The van der Waals surface area contributed by atoms with Crippen molar-refractivity contribution < 1.29 is 4.79 Å². The molecule has 1 aromatic carbocycles. The molecular formula is C24H42N6O. The molecule has 0 bridgehead atoms. The summed E-state index contributed by atoms with van der Waals surface area (Å²) in [6, 6.07) is 7.71. The molecule has 1 amide bonds. The van der Waals surface area contributed by atoms with Crippen molar-refractivity contribution in [3.8, 4) is 0 Å². The van der Waals surface area contributed by atoms with Gasteiger partial charge in [0, 0.05) is 31.7 Å². The van der Waals surface area contributed by atoms with Crippen molar-refractivity contribution in [1.29, 1.82) is 0 Å². The summed E-state index contributed by atoms with van der Waals surface area (Å²) in [6.45, 7) is 11.8. The number of rotatable bonds is 11. The summed E-state index contributed by atoms with van der Waals surface area (Å²) >= 11 is 0. The summed E-state index contributed by atoms with van der Waals surface area (Å²) in [5, 5.41) is 9.72. The van der Waals surface area contributed by atoms with Gasteiger partial charge in [0.1, 0.15) is 0 Å². The molecule has 1 aliphatic heterocycles. The van der Waals surface area contributed by atoms with Crippen molar-refractivity contribution in [1.82, 2.24) is 25.8 Å². The van der Waals surface area contributed by atoms with E-state index in [1.165, 1.54) is 25.9 Å². The van der Waals surface area contributed by atoms with E-state index >= 15 is 0 Å². The molecule has 2 rings (SSSR count). The maximum Gasteiger partial charge on any atom is 0.251 e. The Morgan fingerprint density at radius 1 is 1.16 bits per heavy atom. The lowest BCUT2D eigenvalue weighted by atomic mass is 9.99. The Morgan fingerprint density at radius 3 is 2.65 bits per heavy atom. The zero-order valence-electron chi connectivity index (χ0n) is 19.9. The number of piperidine rings is 1. The van der Waals surface area contributed by atoms with Crippen LogP contribution in [0.2, 0.25) is 0 Å². The first kappa shape index (κ1) is 25.1. The third-order valence-corrected chi connectivity index (χ3v) is 5.62. The molecular weight excluding hydrogens is 388 g/mol. The molecule has 0 spiro atoms. The Bertz CT molecular complexity index is 682. The van der Waals surface area contributed by atoms with Gasteiger partial charge in [-0.1, -0.05) is 19.1 Å². The van der Waals surface area contributed by atoms with Crippen molar-refractivity contribution in [2.45, 2.75) is 39.7 Å². The fourth-order valence-electron chi connectivity index (χ4n) is 3.61. The highest BCUT2D eigenvalue weighted by molar-refractivity contribution is 5.94. The van der Waals surface area contributed by atoms with Gasteiger partial charge in [-0.15, -0.1) is 0 Å². The zero-order valence-corrected chi connectivity index (χ0v) is 19.9. The second-order valence-electron chi connectivity index (χ2n) is 8.76. The number of likely N-dealkylation sites (N-methyl/N-ethyl adjacent to an activating group) is 1. The van der Waals surface area contributed by atoms with Crippen molar-refractivity contribution in [3.63, 3.8) is 0 Å². The van der Waals surface area contributed by atoms with E-state index in [-0.39, 0.29) is 5.91 Å². The van der Waals surface area contributed by atoms with Crippen LogP contribution < -0.4 is 16.0 Å². The first-order valence-corrected chi connectivity index (χ1v) is 11.7. The van der Waals surface area contributed by atoms with E-state index < -0.39 is 0 Å². The Kier molecular flexibility index (Phi) is 11.4. The minimum absolute atomic E-state index is 0.0372. The molecule has 0 atom stereocenters. The van der Waals surface area contributed by atoms with E-state index in [9.17, 15) is 4.79 Å². The molecule has 1 aliphatic rings. The fraction of sp³-hybridized carbons (Fsp3) is 0.667. The Balaban J connectivity index is 1.79. The summed E-state index contributed by atoms with van der Waals surface area (Å²) in [7, 11) is 3.99. The number of benzene rings is 1. The third-order valence-electron chi connectivity index (χ3n) is 5.62. The van der Waals surface area contributed by atoms with Gasteiger partial charge < -0.3 is 25.8 Å². The lowest BCUT2D eigenvalue weighted by molar-refractivity contribution is 0.0951. The zero-order chi connectivity index (χ0) is 22.5. The number of guanidine groups is 1. The Morgan fingerprint density at radius 2 is 1.94 bits per heavy atom. The lowest BCUT2D eigenvalue weighted by Gasteiger charge is -2.30. The van der Waals surface area contributed by atoms with Gasteiger partial charge in [-0.25, -0.2) is 4.99 Å². The molecule has 174 valence electrons. The average molecular weight is 431 g/mol. The van der Waals surface area contributed by atoms with Crippen LogP contribution in [0.3, 0.4) is 0 Å². The molecule has 1 heterocycles. The number of nitrogens with one attached hydrogen (secondary N) is 3. The van der Waals surface area contributed by atoms with Gasteiger partial charge in [0.15, 0.2) is 5.96 Å². The van der Waals surface area contributed by atoms with E-state index in [0.29, 0.717) is 18.7 Å². The Labute approximate surface area is 188 Å². The molecule has 1 fully saturated rings. The average Bonchev–Trinajstić information content (AvgIpc) is 2.76. The number of nitrogens with zero attached hydrogens (tertiary/aromatic N) is 3. The molecule has 1 saturated heterocycles. The summed E-state index contributed by atoms with van der Waals surface area (Å²) in [5.41, 5.74) is 1.71. The van der Waals surface area contributed by atoms with Crippen LogP contribution >= 0.6 is 0 Å². The summed E-state index contributed by atoms with van der Waals surface area (Å²) in [4.78, 5) is 21.7. The van der Waals surface area contributed by atoms with Gasteiger partial charge in [-0.3, -0.25) is 4.79 Å². The highest BCUT2D eigenvalue weighted by atomic mass is 16.1.